The lowest BCUT2D eigenvalue weighted by Crippen LogP contribution is -2.12. The van der Waals surface area contributed by atoms with Crippen LogP contribution >= 0.6 is 0 Å². The number of oxazole rings is 1. The van der Waals surface area contributed by atoms with Gasteiger partial charge in [0.2, 0.25) is 0 Å². The molecule has 0 fully saturated rings. The van der Waals surface area contributed by atoms with Gasteiger partial charge in [0, 0.05) is 29.2 Å². The first-order valence-corrected chi connectivity index (χ1v) is 7.37. The second-order valence-electron chi connectivity index (χ2n) is 5.54. The first-order valence-electron chi connectivity index (χ1n) is 7.37. The number of anilines is 1. The number of amides is 1. The summed E-state index contributed by atoms with van der Waals surface area (Å²) in [6.45, 7) is 3.70. The van der Waals surface area contributed by atoms with E-state index < -0.39 is 0 Å². The maximum absolute atomic E-state index is 12.7. The number of fused-ring (bicyclic) bond motifs is 2. The molecule has 0 aliphatic rings. The third kappa shape index (κ3) is 2.26. The van der Waals surface area contributed by atoms with E-state index in [0.29, 0.717) is 22.7 Å². The molecule has 5 heteroatoms. The zero-order valence-electron chi connectivity index (χ0n) is 12.8. The van der Waals surface area contributed by atoms with E-state index in [1.54, 1.807) is 6.92 Å². The molecule has 0 spiro atoms. The van der Waals surface area contributed by atoms with Gasteiger partial charge in [0.1, 0.15) is 5.52 Å². The van der Waals surface area contributed by atoms with Crippen LogP contribution in [0.4, 0.5) is 5.69 Å². The number of nitrogens with one attached hydrogen (secondary N) is 2. The Kier molecular flexibility index (Phi) is 2.94. The van der Waals surface area contributed by atoms with Gasteiger partial charge < -0.3 is 14.7 Å². The molecule has 4 rings (SSSR count). The number of carbonyl (C=O) groups is 1. The molecular weight excluding hydrogens is 290 g/mol. The molecule has 2 N–H and O–H groups in total. The average molecular weight is 305 g/mol. The van der Waals surface area contributed by atoms with Crippen LogP contribution in [-0.4, -0.2) is 15.9 Å². The number of aryl methyl sites for hydroxylation is 2. The first kappa shape index (κ1) is 13.6. The van der Waals surface area contributed by atoms with Gasteiger partial charge in [0.25, 0.3) is 5.91 Å². The van der Waals surface area contributed by atoms with Crippen molar-refractivity contribution in [2.45, 2.75) is 13.8 Å². The van der Waals surface area contributed by atoms with E-state index in [-0.39, 0.29) is 5.91 Å². The summed E-state index contributed by atoms with van der Waals surface area (Å²) in [5.74, 6) is 0.468. The van der Waals surface area contributed by atoms with Crippen LogP contribution in [0.25, 0.3) is 22.0 Å². The summed E-state index contributed by atoms with van der Waals surface area (Å²) in [5, 5.41) is 3.86. The summed E-state index contributed by atoms with van der Waals surface area (Å²) in [6.07, 6.45) is 0. The molecule has 23 heavy (non-hydrogen) atoms. The van der Waals surface area contributed by atoms with Gasteiger partial charge in [-0.2, -0.15) is 0 Å². The van der Waals surface area contributed by atoms with Crippen LogP contribution in [0.5, 0.6) is 0 Å². The number of carbonyl (C=O) groups excluding carboxylic acids is 1. The Labute approximate surface area is 132 Å². The molecule has 5 nitrogen and oxygen atoms in total. The van der Waals surface area contributed by atoms with Crippen LogP contribution in [0.2, 0.25) is 0 Å². The number of aromatic nitrogens is 2. The number of benzene rings is 2. The molecule has 2 aromatic heterocycles. The standard InChI is InChI=1S/C18H15N3O2/c1-10-17(13-5-3-4-6-14(13)19-10)18(22)21-12-7-8-16-15(9-12)20-11(2)23-16/h3-9,19H,1-2H3,(H,21,22). The molecule has 0 bridgehead atoms. The fraction of sp³-hybridized carbons (Fsp3) is 0.111. The second-order valence-corrected chi connectivity index (χ2v) is 5.54. The van der Waals surface area contributed by atoms with Crippen LogP contribution in [0.3, 0.4) is 0 Å². The molecule has 4 aromatic rings. The van der Waals surface area contributed by atoms with Crippen molar-refractivity contribution in [3.63, 3.8) is 0 Å². The Morgan fingerprint density at radius 3 is 2.87 bits per heavy atom. The fourth-order valence-electron chi connectivity index (χ4n) is 2.88. The minimum Gasteiger partial charge on any atom is -0.441 e. The predicted octanol–water partition coefficient (Wildman–Crippen LogP) is 4.18. The van der Waals surface area contributed by atoms with Crippen molar-refractivity contribution < 1.29 is 9.21 Å². The van der Waals surface area contributed by atoms with Crippen molar-refractivity contribution in [1.29, 1.82) is 0 Å². The van der Waals surface area contributed by atoms with Crippen molar-refractivity contribution in [2.24, 2.45) is 0 Å². The summed E-state index contributed by atoms with van der Waals surface area (Å²) < 4.78 is 5.45. The molecular formula is C18H15N3O2. The van der Waals surface area contributed by atoms with Gasteiger partial charge in [-0.25, -0.2) is 4.98 Å². The van der Waals surface area contributed by atoms with Crippen LogP contribution in [0.15, 0.2) is 46.9 Å². The lowest BCUT2D eigenvalue weighted by atomic mass is 10.1. The Balaban J connectivity index is 1.71. The minimum atomic E-state index is -0.139. The van der Waals surface area contributed by atoms with E-state index in [2.05, 4.69) is 15.3 Å². The van der Waals surface area contributed by atoms with Gasteiger partial charge in [-0.15, -0.1) is 0 Å². The van der Waals surface area contributed by atoms with Gasteiger partial charge in [-0.3, -0.25) is 4.79 Å². The van der Waals surface area contributed by atoms with Crippen molar-refractivity contribution in [1.82, 2.24) is 9.97 Å². The lowest BCUT2D eigenvalue weighted by Gasteiger charge is -2.05. The molecule has 2 heterocycles. The largest absolute Gasteiger partial charge is 0.441 e. The lowest BCUT2D eigenvalue weighted by molar-refractivity contribution is 0.102. The normalized spacial score (nSPS) is 11.2. The van der Waals surface area contributed by atoms with E-state index in [4.69, 9.17) is 4.42 Å². The number of nitrogens with zero attached hydrogens (tertiary/aromatic N) is 1. The summed E-state index contributed by atoms with van der Waals surface area (Å²) in [7, 11) is 0. The number of hydrogen-bond donors (Lipinski definition) is 2. The Hall–Kier alpha value is -3.08. The maximum Gasteiger partial charge on any atom is 0.258 e. The SMILES string of the molecule is Cc1nc2cc(NC(=O)c3c(C)[nH]c4ccccc34)ccc2o1. The highest BCUT2D eigenvalue weighted by atomic mass is 16.3. The third-order valence-electron chi connectivity index (χ3n) is 3.87. The highest BCUT2D eigenvalue weighted by Crippen LogP contribution is 2.24. The Morgan fingerprint density at radius 2 is 2.00 bits per heavy atom. The van der Waals surface area contributed by atoms with Gasteiger partial charge in [-0.1, -0.05) is 18.2 Å². The number of aromatic amines is 1. The van der Waals surface area contributed by atoms with Gasteiger partial charge in [0.05, 0.1) is 5.56 Å². The number of H-pyrrole nitrogens is 1. The zero-order valence-corrected chi connectivity index (χ0v) is 12.8. The molecule has 0 aliphatic heterocycles. The molecule has 0 radical (unpaired) electrons. The van der Waals surface area contributed by atoms with Crippen LogP contribution in [0, 0.1) is 13.8 Å². The highest BCUT2D eigenvalue weighted by Gasteiger charge is 2.16. The third-order valence-corrected chi connectivity index (χ3v) is 3.87. The van der Waals surface area contributed by atoms with E-state index in [1.807, 2.05) is 49.4 Å². The molecule has 114 valence electrons. The second kappa shape index (κ2) is 4.98. The summed E-state index contributed by atoms with van der Waals surface area (Å²) >= 11 is 0. The van der Waals surface area contributed by atoms with E-state index in [9.17, 15) is 4.79 Å². The zero-order chi connectivity index (χ0) is 16.0. The number of rotatable bonds is 2. The van der Waals surface area contributed by atoms with Crippen LogP contribution in [-0.2, 0) is 0 Å². The fourth-order valence-corrected chi connectivity index (χ4v) is 2.88. The van der Waals surface area contributed by atoms with E-state index in [1.165, 1.54) is 0 Å². The molecule has 0 unspecified atom stereocenters. The van der Waals surface area contributed by atoms with E-state index in [0.717, 1.165) is 22.1 Å². The predicted molar refractivity (Wildman–Crippen MR) is 89.7 cm³/mol. The van der Waals surface area contributed by atoms with Crippen molar-refractivity contribution in [2.75, 3.05) is 5.32 Å². The topological polar surface area (TPSA) is 70.9 Å². The smallest absolute Gasteiger partial charge is 0.258 e. The van der Waals surface area contributed by atoms with Crippen LogP contribution in [0.1, 0.15) is 21.9 Å². The van der Waals surface area contributed by atoms with Crippen molar-refractivity contribution >= 4 is 33.6 Å². The first-order chi connectivity index (χ1) is 11.1. The molecule has 2 aromatic carbocycles. The van der Waals surface area contributed by atoms with Crippen LogP contribution < -0.4 is 5.32 Å². The molecule has 1 amide bonds. The quantitative estimate of drug-likeness (QED) is 0.583. The van der Waals surface area contributed by atoms with Crippen molar-refractivity contribution in [3.8, 4) is 0 Å². The average Bonchev–Trinajstić information content (AvgIpc) is 3.04. The Morgan fingerprint density at radius 1 is 1.17 bits per heavy atom. The molecule has 0 atom stereocenters. The molecule has 0 saturated heterocycles. The number of hydrogen-bond acceptors (Lipinski definition) is 3. The monoisotopic (exact) mass is 305 g/mol. The van der Waals surface area contributed by atoms with E-state index >= 15 is 0 Å². The summed E-state index contributed by atoms with van der Waals surface area (Å²) in [6, 6.07) is 13.2. The molecule has 0 aliphatic carbocycles. The van der Waals surface area contributed by atoms with Gasteiger partial charge >= 0.3 is 0 Å². The highest BCUT2D eigenvalue weighted by molar-refractivity contribution is 6.14. The molecule has 0 saturated carbocycles. The van der Waals surface area contributed by atoms with Crippen molar-refractivity contribution in [3.05, 3.63) is 59.6 Å². The van der Waals surface area contributed by atoms with Gasteiger partial charge in [0.15, 0.2) is 11.5 Å². The summed E-state index contributed by atoms with van der Waals surface area (Å²) in [5.41, 5.74) is 4.61. The van der Waals surface area contributed by atoms with Gasteiger partial charge in [-0.05, 0) is 31.2 Å². The maximum atomic E-state index is 12.7. The minimum absolute atomic E-state index is 0.139. The summed E-state index contributed by atoms with van der Waals surface area (Å²) in [4.78, 5) is 20.2. The Bertz CT molecular complexity index is 1040. The number of para-hydroxylation sites is 1.